The van der Waals surface area contributed by atoms with Gasteiger partial charge in [0.15, 0.2) is 0 Å². The van der Waals surface area contributed by atoms with E-state index in [1.54, 1.807) is 17.1 Å². The van der Waals surface area contributed by atoms with E-state index in [0.717, 1.165) is 22.4 Å². The third-order valence-electron chi connectivity index (χ3n) is 4.08. The minimum atomic E-state index is -0.157. The van der Waals surface area contributed by atoms with Gasteiger partial charge in [0.2, 0.25) is 0 Å². The lowest BCUT2D eigenvalue weighted by atomic mass is 10.1. The second-order valence-corrected chi connectivity index (χ2v) is 6.02. The highest BCUT2D eigenvalue weighted by Gasteiger charge is 2.11. The monoisotopic (exact) mass is 335 g/mol. The largest absolute Gasteiger partial charge is 0.384 e. The number of nitrogens with two attached hydrogens (primary N) is 1. The Balaban J connectivity index is 1.64. The summed E-state index contributed by atoms with van der Waals surface area (Å²) in [5.74, 6) is 0.335. The Hall–Kier alpha value is -3.15. The molecule has 3 aromatic rings. The SMILES string of the molecule is Cc1cc(N)nc(C)c1CNC(=O)c1cnn(Cc2ccccc2)c1. The predicted molar refractivity (Wildman–Crippen MR) is 97.1 cm³/mol. The molecule has 0 atom stereocenters. The molecule has 3 rings (SSSR count). The molecule has 0 bridgehead atoms. The molecule has 0 saturated carbocycles. The van der Waals surface area contributed by atoms with Gasteiger partial charge in [0.1, 0.15) is 5.82 Å². The summed E-state index contributed by atoms with van der Waals surface area (Å²) in [6, 6.07) is 11.8. The maximum Gasteiger partial charge on any atom is 0.254 e. The van der Waals surface area contributed by atoms with Gasteiger partial charge < -0.3 is 11.1 Å². The summed E-state index contributed by atoms with van der Waals surface area (Å²) in [7, 11) is 0. The molecule has 1 amide bonds. The normalized spacial score (nSPS) is 10.6. The Bertz CT molecular complexity index is 863. The number of amides is 1. The van der Waals surface area contributed by atoms with Gasteiger partial charge in [0.25, 0.3) is 5.91 Å². The first kappa shape index (κ1) is 16.7. The quantitative estimate of drug-likeness (QED) is 0.750. The second-order valence-electron chi connectivity index (χ2n) is 6.02. The van der Waals surface area contributed by atoms with E-state index in [-0.39, 0.29) is 5.91 Å². The molecule has 0 aliphatic rings. The van der Waals surface area contributed by atoms with Gasteiger partial charge in [0, 0.05) is 18.4 Å². The zero-order valence-electron chi connectivity index (χ0n) is 14.4. The highest BCUT2D eigenvalue weighted by atomic mass is 16.1. The van der Waals surface area contributed by atoms with E-state index in [1.807, 2.05) is 50.2 Å². The van der Waals surface area contributed by atoms with Crippen molar-refractivity contribution >= 4 is 11.7 Å². The first-order valence-corrected chi connectivity index (χ1v) is 8.10. The molecule has 1 aromatic carbocycles. The fourth-order valence-electron chi connectivity index (χ4n) is 2.76. The summed E-state index contributed by atoms with van der Waals surface area (Å²) in [5, 5.41) is 7.18. The average molecular weight is 335 g/mol. The van der Waals surface area contributed by atoms with E-state index in [2.05, 4.69) is 15.4 Å². The van der Waals surface area contributed by atoms with E-state index in [1.165, 1.54) is 0 Å². The van der Waals surface area contributed by atoms with Crippen LogP contribution in [0.1, 0.15) is 32.7 Å². The number of carbonyl (C=O) groups excluding carboxylic acids is 1. The van der Waals surface area contributed by atoms with E-state index in [0.29, 0.717) is 24.5 Å². The number of aromatic nitrogens is 3. The molecular formula is C19H21N5O. The number of nitrogens with one attached hydrogen (secondary N) is 1. The van der Waals surface area contributed by atoms with Crippen LogP contribution < -0.4 is 11.1 Å². The maximum absolute atomic E-state index is 12.4. The lowest BCUT2D eigenvalue weighted by Gasteiger charge is -2.11. The predicted octanol–water partition coefficient (Wildman–Crippen LogP) is 2.46. The minimum Gasteiger partial charge on any atom is -0.384 e. The Labute approximate surface area is 146 Å². The fraction of sp³-hybridized carbons (Fsp3) is 0.211. The van der Waals surface area contributed by atoms with Crippen LogP contribution in [0.3, 0.4) is 0 Å². The van der Waals surface area contributed by atoms with Gasteiger partial charge in [-0.1, -0.05) is 30.3 Å². The summed E-state index contributed by atoms with van der Waals surface area (Å²) >= 11 is 0. The van der Waals surface area contributed by atoms with Gasteiger partial charge in [-0.2, -0.15) is 5.10 Å². The molecule has 25 heavy (non-hydrogen) atoms. The van der Waals surface area contributed by atoms with Crippen LogP contribution in [0.25, 0.3) is 0 Å². The Kier molecular flexibility index (Phi) is 4.79. The number of hydrogen-bond acceptors (Lipinski definition) is 4. The van der Waals surface area contributed by atoms with Crippen molar-refractivity contribution in [1.82, 2.24) is 20.1 Å². The van der Waals surface area contributed by atoms with Gasteiger partial charge in [-0.25, -0.2) is 4.98 Å². The molecule has 0 radical (unpaired) electrons. The lowest BCUT2D eigenvalue weighted by molar-refractivity contribution is 0.0950. The smallest absolute Gasteiger partial charge is 0.254 e. The van der Waals surface area contributed by atoms with Crippen LogP contribution in [0.4, 0.5) is 5.82 Å². The van der Waals surface area contributed by atoms with Gasteiger partial charge >= 0.3 is 0 Å². The number of pyridine rings is 1. The van der Waals surface area contributed by atoms with Crippen molar-refractivity contribution in [3.63, 3.8) is 0 Å². The number of nitrogens with zero attached hydrogens (tertiary/aromatic N) is 3. The number of carbonyl (C=O) groups is 1. The molecule has 0 fully saturated rings. The van der Waals surface area contributed by atoms with Crippen molar-refractivity contribution in [3.8, 4) is 0 Å². The van der Waals surface area contributed by atoms with E-state index in [9.17, 15) is 4.79 Å². The fourth-order valence-corrected chi connectivity index (χ4v) is 2.76. The number of hydrogen-bond donors (Lipinski definition) is 2. The van der Waals surface area contributed by atoms with E-state index in [4.69, 9.17) is 5.73 Å². The third kappa shape index (κ3) is 4.03. The van der Waals surface area contributed by atoms with Gasteiger partial charge in [-0.3, -0.25) is 9.48 Å². The van der Waals surface area contributed by atoms with Crippen molar-refractivity contribution in [2.24, 2.45) is 0 Å². The summed E-state index contributed by atoms with van der Waals surface area (Å²) < 4.78 is 1.76. The highest BCUT2D eigenvalue weighted by Crippen LogP contribution is 2.14. The maximum atomic E-state index is 12.4. The van der Waals surface area contributed by atoms with Gasteiger partial charge in [-0.05, 0) is 36.6 Å². The van der Waals surface area contributed by atoms with E-state index < -0.39 is 0 Å². The standard InChI is InChI=1S/C19H21N5O/c1-13-8-18(20)23-14(2)17(13)10-21-19(25)16-9-22-24(12-16)11-15-6-4-3-5-7-15/h3-9,12H,10-11H2,1-2H3,(H2,20,23)(H,21,25). The molecule has 0 aliphatic carbocycles. The minimum absolute atomic E-state index is 0.157. The van der Waals surface area contributed by atoms with Gasteiger partial charge in [0.05, 0.1) is 18.3 Å². The lowest BCUT2D eigenvalue weighted by Crippen LogP contribution is -2.23. The number of rotatable bonds is 5. The van der Waals surface area contributed by atoms with Crippen LogP contribution in [0.15, 0.2) is 48.8 Å². The second kappa shape index (κ2) is 7.17. The third-order valence-corrected chi connectivity index (χ3v) is 4.08. The van der Waals surface area contributed by atoms with Crippen LogP contribution in [-0.4, -0.2) is 20.7 Å². The number of anilines is 1. The first-order chi connectivity index (χ1) is 12.0. The summed E-state index contributed by atoms with van der Waals surface area (Å²) in [6.07, 6.45) is 3.34. The van der Waals surface area contributed by atoms with Crippen molar-refractivity contribution < 1.29 is 4.79 Å². The van der Waals surface area contributed by atoms with Crippen LogP contribution in [0, 0.1) is 13.8 Å². The van der Waals surface area contributed by atoms with Gasteiger partial charge in [-0.15, -0.1) is 0 Å². The highest BCUT2D eigenvalue weighted by molar-refractivity contribution is 5.93. The molecule has 0 spiro atoms. The molecular weight excluding hydrogens is 314 g/mol. The molecule has 128 valence electrons. The Morgan fingerprint density at radius 1 is 1.24 bits per heavy atom. The summed E-state index contributed by atoms with van der Waals surface area (Å²) in [6.45, 7) is 4.90. The topological polar surface area (TPSA) is 85.8 Å². The molecule has 0 unspecified atom stereocenters. The van der Waals surface area contributed by atoms with Crippen molar-refractivity contribution in [2.45, 2.75) is 26.9 Å². The summed E-state index contributed by atoms with van der Waals surface area (Å²) in [4.78, 5) is 16.6. The van der Waals surface area contributed by atoms with Crippen molar-refractivity contribution in [2.75, 3.05) is 5.73 Å². The van der Waals surface area contributed by atoms with Crippen molar-refractivity contribution in [1.29, 1.82) is 0 Å². The molecule has 2 heterocycles. The number of benzene rings is 1. The Morgan fingerprint density at radius 3 is 2.72 bits per heavy atom. The van der Waals surface area contributed by atoms with Crippen LogP contribution >= 0.6 is 0 Å². The summed E-state index contributed by atoms with van der Waals surface area (Å²) in [5.41, 5.74) is 10.2. The average Bonchev–Trinajstić information content (AvgIpc) is 3.03. The zero-order chi connectivity index (χ0) is 17.8. The molecule has 6 nitrogen and oxygen atoms in total. The molecule has 3 N–H and O–H groups in total. The molecule has 2 aromatic heterocycles. The number of nitrogen functional groups attached to an aromatic ring is 1. The van der Waals surface area contributed by atoms with Crippen LogP contribution in [-0.2, 0) is 13.1 Å². The first-order valence-electron chi connectivity index (χ1n) is 8.10. The van der Waals surface area contributed by atoms with Crippen molar-refractivity contribution in [3.05, 3.63) is 76.7 Å². The molecule has 0 aliphatic heterocycles. The van der Waals surface area contributed by atoms with Crippen LogP contribution in [0.5, 0.6) is 0 Å². The zero-order valence-corrected chi connectivity index (χ0v) is 14.4. The van der Waals surface area contributed by atoms with Crippen LogP contribution in [0.2, 0.25) is 0 Å². The van der Waals surface area contributed by atoms with E-state index >= 15 is 0 Å². The molecule has 0 saturated heterocycles. The molecule has 6 heteroatoms. The Morgan fingerprint density at radius 2 is 2.00 bits per heavy atom. The number of aryl methyl sites for hydroxylation is 2.